The fourth-order valence-electron chi connectivity index (χ4n) is 1.51. The molecule has 1 rings (SSSR count). The predicted molar refractivity (Wildman–Crippen MR) is 76.1 cm³/mol. The highest BCUT2D eigenvalue weighted by atomic mass is 16.6. The lowest BCUT2D eigenvalue weighted by Gasteiger charge is -2.19. The molecule has 1 aromatic heterocycles. The molecule has 0 unspecified atom stereocenters. The molecule has 7 nitrogen and oxygen atoms in total. The molecule has 0 aliphatic carbocycles. The Labute approximate surface area is 123 Å². The van der Waals surface area contributed by atoms with Crippen LogP contribution in [0.3, 0.4) is 0 Å². The summed E-state index contributed by atoms with van der Waals surface area (Å²) < 4.78 is 10.5. The second kappa shape index (κ2) is 7.56. The Bertz CT molecular complexity index is 479. The number of carbonyl (C=O) groups excluding carboxylic acids is 1. The van der Waals surface area contributed by atoms with Gasteiger partial charge in [0, 0.05) is 18.6 Å². The molecular weight excluding hydrogens is 276 g/mol. The average Bonchev–Trinajstić information content (AvgIpc) is 2.36. The number of carbonyl (C=O) groups is 1. The summed E-state index contributed by atoms with van der Waals surface area (Å²) >= 11 is 0. The summed E-state index contributed by atoms with van der Waals surface area (Å²) in [6.45, 7) is 5.88. The van der Waals surface area contributed by atoms with Gasteiger partial charge in [0.25, 0.3) is 5.69 Å². The van der Waals surface area contributed by atoms with Crippen molar-refractivity contribution in [1.29, 1.82) is 0 Å². The summed E-state index contributed by atoms with van der Waals surface area (Å²) in [6, 6.07) is 2.79. The summed E-state index contributed by atoms with van der Waals surface area (Å²) in [6.07, 6.45) is 2.82. The van der Waals surface area contributed by atoms with Crippen LogP contribution in [0.4, 0.5) is 5.69 Å². The molecular formula is C14H20N2O5. The van der Waals surface area contributed by atoms with Gasteiger partial charge in [-0.1, -0.05) is 0 Å². The van der Waals surface area contributed by atoms with Crippen LogP contribution in [0.1, 0.15) is 40.0 Å². The lowest BCUT2D eigenvalue weighted by Crippen LogP contribution is -2.23. The highest BCUT2D eigenvalue weighted by Gasteiger charge is 2.15. The number of pyridine rings is 1. The number of hydrogen-bond donors (Lipinski definition) is 0. The molecule has 0 fully saturated rings. The Kier molecular flexibility index (Phi) is 6.08. The minimum atomic E-state index is -0.516. The Balaban J connectivity index is 2.19. The average molecular weight is 296 g/mol. The molecule has 0 atom stereocenters. The molecule has 0 amide bonds. The van der Waals surface area contributed by atoms with Gasteiger partial charge in [-0.15, -0.1) is 0 Å². The lowest BCUT2D eigenvalue weighted by atomic mass is 10.2. The maximum absolute atomic E-state index is 11.5. The smallest absolute Gasteiger partial charge is 0.306 e. The molecule has 1 aromatic rings. The van der Waals surface area contributed by atoms with E-state index in [1.54, 1.807) is 0 Å². The minimum Gasteiger partial charge on any atom is -0.478 e. The van der Waals surface area contributed by atoms with Crippen molar-refractivity contribution in [2.24, 2.45) is 0 Å². The van der Waals surface area contributed by atoms with Crippen LogP contribution in [-0.4, -0.2) is 28.1 Å². The van der Waals surface area contributed by atoms with E-state index in [1.807, 2.05) is 20.8 Å². The fraction of sp³-hybridized carbons (Fsp3) is 0.571. The van der Waals surface area contributed by atoms with E-state index in [1.165, 1.54) is 12.1 Å². The first-order valence-corrected chi connectivity index (χ1v) is 6.73. The van der Waals surface area contributed by atoms with E-state index in [-0.39, 0.29) is 11.7 Å². The van der Waals surface area contributed by atoms with E-state index in [2.05, 4.69) is 4.98 Å². The summed E-state index contributed by atoms with van der Waals surface area (Å²) in [7, 11) is 0. The molecule has 0 aliphatic rings. The van der Waals surface area contributed by atoms with Crippen LogP contribution in [0, 0.1) is 10.1 Å². The van der Waals surface area contributed by atoms with Crippen molar-refractivity contribution in [3.05, 3.63) is 28.4 Å². The van der Waals surface area contributed by atoms with E-state index in [4.69, 9.17) is 9.47 Å². The number of ether oxygens (including phenoxy) is 2. The molecule has 0 aliphatic heterocycles. The van der Waals surface area contributed by atoms with Crippen LogP contribution in [0.25, 0.3) is 0 Å². The number of aromatic nitrogens is 1. The molecule has 0 spiro atoms. The third-order valence-corrected chi connectivity index (χ3v) is 2.38. The minimum absolute atomic E-state index is 0.0766. The van der Waals surface area contributed by atoms with Gasteiger partial charge in [0.1, 0.15) is 11.8 Å². The van der Waals surface area contributed by atoms with Gasteiger partial charge in [-0.3, -0.25) is 14.9 Å². The van der Waals surface area contributed by atoms with Crippen molar-refractivity contribution in [1.82, 2.24) is 4.98 Å². The number of unbranched alkanes of at least 4 members (excludes halogenated alkanes) is 1. The number of nitrogens with zero attached hydrogens (tertiary/aromatic N) is 2. The molecule has 21 heavy (non-hydrogen) atoms. The molecule has 0 saturated heterocycles. The quantitative estimate of drug-likeness (QED) is 0.332. The van der Waals surface area contributed by atoms with Gasteiger partial charge >= 0.3 is 5.97 Å². The molecule has 116 valence electrons. The molecule has 7 heteroatoms. The highest BCUT2D eigenvalue weighted by Crippen LogP contribution is 2.14. The monoisotopic (exact) mass is 296 g/mol. The molecule has 0 aromatic carbocycles. The molecule has 0 bridgehead atoms. The van der Waals surface area contributed by atoms with Crippen LogP contribution >= 0.6 is 0 Å². The second-order valence-corrected chi connectivity index (χ2v) is 5.50. The molecule has 1 heterocycles. The Morgan fingerprint density at radius 3 is 2.57 bits per heavy atom. The van der Waals surface area contributed by atoms with Crippen molar-refractivity contribution in [2.75, 3.05) is 6.61 Å². The maximum Gasteiger partial charge on any atom is 0.306 e. The van der Waals surface area contributed by atoms with Crippen LogP contribution in [0.15, 0.2) is 18.3 Å². The second-order valence-electron chi connectivity index (χ2n) is 5.50. The van der Waals surface area contributed by atoms with Crippen LogP contribution < -0.4 is 4.74 Å². The molecule has 0 radical (unpaired) electrons. The van der Waals surface area contributed by atoms with Crippen molar-refractivity contribution in [3.8, 4) is 5.88 Å². The zero-order valence-corrected chi connectivity index (χ0v) is 12.5. The number of rotatable bonds is 7. The van der Waals surface area contributed by atoms with Crippen LogP contribution in [0.5, 0.6) is 5.88 Å². The summed E-state index contributed by atoms with van der Waals surface area (Å²) in [5.74, 6) is 0.105. The number of esters is 1. The topological polar surface area (TPSA) is 91.6 Å². The third-order valence-electron chi connectivity index (χ3n) is 2.38. The predicted octanol–water partition coefficient (Wildman–Crippen LogP) is 2.88. The van der Waals surface area contributed by atoms with Crippen molar-refractivity contribution < 1.29 is 19.2 Å². The standard InChI is InChI=1S/C14H20N2O5/c1-14(2,3)21-13(17)6-4-5-9-20-12-8-7-11(10-15-12)16(18)19/h7-8,10H,4-6,9H2,1-3H3. The molecule has 0 N–H and O–H groups in total. The summed E-state index contributed by atoms with van der Waals surface area (Å²) in [4.78, 5) is 25.2. The maximum atomic E-state index is 11.5. The Hall–Kier alpha value is -2.18. The van der Waals surface area contributed by atoms with Crippen LogP contribution in [0.2, 0.25) is 0 Å². The summed E-state index contributed by atoms with van der Waals surface area (Å²) in [5.41, 5.74) is -0.539. The van der Waals surface area contributed by atoms with Gasteiger partial charge in [0.2, 0.25) is 5.88 Å². The van der Waals surface area contributed by atoms with Crippen molar-refractivity contribution >= 4 is 11.7 Å². The van der Waals surface area contributed by atoms with Gasteiger partial charge < -0.3 is 9.47 Å². The Morgan fingerprint density at radius 2 is 2.05 bits per heavy atom. The third kappa shape index (κ3) is 7.24. The van der Waals surface area contributed by atoms with E-state index in [9.17, 15) is 14.9 Å². The van der Waals surface area contributed by atoms with Gasteiger partial charge in [-0.2, -0.15) is 0 Å². The first-order chi connectivity index (χ1) is 9.78. The summed E-state index contributed by atoms with van der Waals surface area (Å²) in [5, 5.41) is 10.5. The van der Waals surface area contributed by atoms with Gasteiger partial charge in [-0.05, 0) is 33.6 Å². The number of nitro groups is 1. The first-order valence-electron chi connectivity index (χ1n) is 6.73. The zero-order valence-electron chi connectivity index (χ0n) is 12.5. The van der Waals surface area contributed by atoms with E-state index in [0.717, 1.165) is 6.20 Å². The molecule has 0 saturated carbocycles. The van der Waals surface area contributed by atoms with E-state index in [0.29, 0.717) is 31.7 Å². The van der Waals surface area contributed by atoms with Gasteiger partial charge in [-0.25, -0.2) is 4.98 Å². The number of hydrogen-bond acceptors (Lipinski definition) is 6. The van der Waals surface area contributed by atoms with E-state index < -0.39 is 10.5 Å². The lowest BCUT2D eigenvalue weighted by molar-refractivity contribution is -0.385. The van der Waals surface area contributed by atoms with Gasteiger partial charge in [0.15, 0.2) is 0 Å². The largest absolute Gasteiger partial charge is 0.478 e. The van der Waals surface area contributed by atoms with Crippen molar-refractivity contribution in [3.63, 3.8) is 0 Å². The Morgan fingerprint density at radius 1 is 1.33 bits per heavy atom. The fourth-order valence-corrected chi connectivity index (χ4v) is 1.51. The SMILES string of the molecule is CC(C)(C)OC(=O)CCCCOc1ccc([N+](=O)[O-])cn1. The highest BCUT2D eigenvalue weighted by molar-refractivity contribution is 5.69. The van der Waals surface area contributed by atoms with Gasteiger partial charge in [0.05, 0.1) is 11.5 Å². The first kappa shape index (κ1) is 16.9. The van der Waals surface area contributed by atoms with Crippen LogP contribution in [-0.2, 0) is 9.53 Å². The zero-order chi connectivity index (χ0) is 15.9. The van der Waals surface area contributed by atoms with E-state index >= 15 is 0 Å². The normalized spacial score (nSPS) is 11.0. The van der Waals surface area contributed by atoms with Crippen molar-refractivity contribution in [2.45, 2.75) is 45.6 Å².